The Balaban J connectivity index is 1.90. The first kappa shape index (κ1) is 17.8. The van der Waals surface area contributed by atoms with E-state index in [0.29, 0.717) is 6.04 Å². The topological polar surface area (TPSA) is 21.7 Å². The predicted octanol–water partition coefficient (Wildman–Crippen LogP) is 5.13. The van der Waals surface area contributed by atoms with Crippen molar-refractivity contribution in [3.8, 4) is 11.5 Å². The standard InChI is InChI=1S/C22H29NO2/c1-17-9-7-10-18(15-17)20-12-5-4-6-14-23(20)16-19-11-8-13-21(24-2)22(19)25-3/h7-11,13,15,20H,4-6,12,14,16H2,1-3H3/t20-/m0/s1. The Labute approximate surface area is 151 Å². The highest BCUT2D eigenvalue weighted by Gasteiger charge is 2.24. The number of ether oxygens (including phenoxy) is 2. The van der Waals surface area contributed by atoms with E-state index >= 15 is 0 Å². The van der Waals surface area contributed by atoms with Crippen LogP contribution in [0.5, 0.6) is 11.5 Å². The molecule has 1 atom stereocenters. The Bertz CT molecular complexity index is 698. The van der Waals surface area contributed by atoms with Crippen LogP contribution in [0.1, 0.15) is 48.4 Å². The van der Waals surface area contributed by atoms with E-state index in [-0.39, 0.29) is 0 Å². The number of hydrogen-bond acceptors (Lipinski definition) is 3. The lowest BCUT2D eigenvalue weighted by Crippen LogP contribution is -2.28. The molecule has 1 aliphatic heterocycles. The molecular formula is C22H29NO2. The van der Waals surface area contributed by atoms with Gasteiger partial charge in [0.2, 0.25) is 0 Å². The third-order valence-electron chi connectivity index (χ3n) is 5.15. The van der Waals surface area contributed by atoms with E-state index in [2.05, 4.69) is 48.2 Å². The van der Waals surface area contributed by atoms with Gasteiger partial charge in [-0.25, -0.2) is 0 Å². The molecule has 0 N–H and O–H groups in total. The van der Waals surface area contributed by atoms with Crippen LogP contribution in [-0.4, -0.2) is 25.7 Å². The van der Waals surface area contributed by atoms with Crippen molar-refractivity contribution in [1.29, 1.82) is 0 Å². The molecule has 0 bridgehead atoms. The molecule has 0 aliphatic carbocycles. The molecule has 134 valence electrons. The molecule has 3 heteroatoms. The summed E-state index contributed by atoms with van der Waals surface area (Å²) in [7, 11) is 3.42. The molecule has 1 aliphatic rings. The van der Waals surface area contributed by atoms with Gasteiger partial charge in [-0.3, -0.25) is 4.90 Å². The van der Waals surface area contributed by atoms with Crippen molar-refractivity contribution in [3.05, 3.63) is 59.2 Å². The predicted molar refractivity (Wildman–Crippen MR) is 102 cm³/mol. The zero-order valence-electron chi connectivity index (χ0n) is 15.6. The van der Waals surface area contributed by atoms with Gasteiger partial charge in [0.05, 0.1) is 14.2 Å². The summed E-state index contributed by atoms with van der Waals surface area (Å²) in [5.41, 5.74) is 3.96. The van der Waals surface area contributed by atoms with Crippen molar-refractivity contribution in [2.45, 2.75) is 45.2 Å². The summed E-state index contributed by atoms with van der Waals surface area (Å²) in [4.78, 5) is 2.61. The summed E-state index contributed by atoms with van der Waals surface area (Å²) in [6, 6.07) is 15.6. The lowest BCUT2D eigenvalue weighted by atomic mass is 9.98. The van der Waals surface area contributed by atoms with E-state index in [1.807, 2.05) is 6.07 Å². The molecule has 0 radical (unpaired) electrons. The van der Waals surface area contributed by atoms with Crippen molar-refractivity contribution >= 4 is 0 Å². The van der Waals surface area contributed by atoms with E-state index in [4.69, 9.17) is 9.47 Å². The van der Waals surface area contributed by atoms with Crippen LogP contribution in [0.15, 0.2) is 42.5 Å². The molecule has 3 rings (SSSR count). The minimum Gasteiger partial charge on any atom is -0.493 e. The normalized spacial score (nSPS) is 18.6. The van der Waals surface area contributed by atoms with Crippen LogP contribution < -0.4 is 9.47 Å². The third-order valence-corrected chi connectivity index (χ3v) is 5.15. The molecular weight excluding hydrogens is 310 g/mol. The number of rotatable bonds is 5. The summed E-state index contributed by atoms with van der Waals surface area (Å²) in [5.74, 6) is 1.67. The second-order valence-electron chi connectivity index (χ2n) is 6.90. The number of benzene rings is 2. The van der Waals surface area contributed by atoms with E-state index in [1.54, 1.807) is 14.2 Å². The first-order chi connectivity index (χ1) is 12.2. The summed E-state index contributed by atoms with van der Waals surface area (Å²) in [5, 5.41) is 0. The van der Waals surface area contributed by atoms with Gasteiger partial charge in [0.1, 0.15) is 0 Å². The molecule has 3 nitrogen and oxygen atoms in total. The average Bonchev–Trinajstić information content (AvgIpc) is 2.87. The maximum Gasteiger partial charge on any atom is 0.165 e. The van der Waals surface area contributed by atoms with Crippen LogP contribution >= 0.6 is 0 Å². The van der Waals surface area contributed by atoms with Gasteiger partial charge in [0.15, 0.2) is 11.5 Å². The van der Waals surface area contributed by atoms with Gasteiger partial charge in [-0.05, 0) is 37.9 Å². The second-order valence-corrected chi connectivity index (χ2v) is 6.90. The van der Waals surface area contributed by atoms with Gasteiger partial charge in [0, 0.05) is 18.2 Å². The van der Waals surface area contributed by atoms with Crippen molar-refractivity contribution in [1.82, 2.24) is 4.90 Å². The number of methoxy groups -OCH3 is 2. The number of hydrogen-bond donors (Lipinski definition) is 0. The minimum absolute atomic E-state index is 0.471. The Hall–Kier alpha value is -2.00. The number of aryl methyl sites for hydroxylation is 1. The van der Waals surface area contributed by atoms with E-state index in [9.17, 15) is 0 Å². The Kier molecular flexibility index (Phi) is 5.98. The third kappa shape index (κ3) is 4.16. The molecule has 0 amide bonds. The first-order valence-electron chi connectivity index (χ1n) is 9.23. The van der Waals surface area contributed by atoms with Gasteiger partial charge in [-0.1, -0.05) is 54.8 Å². The Morgan fingerprint density at radius 3 is 2.60 bits per heavy atom. The lowest BCUT2D eigenvalue weighted by Gasteiger charge is -2.31. The summed E-state index contributed by atoms with van der Waals surface area (Å²) >= 11 is 0. The fourth-order valence-electron chi connectivity index (χ4n) is 3.91. The van der Waals surface area contributed by atoms with Gasteiger partial charge < -0.3 is 9.47 Å². The first-order valence-corrected chi connectivity index (χ1v) is 9.23. The van der Waals surface area contributed by atoms with Crippen molar-refractivity contribution in [2.75, 3.05) is 20.8 Å². The highest BCUT2D eigenvalue weighted by atomic mass is 16.5. The van der Waals surface area contributed by atoms with Crippen LogP contribution in [0.25, 0.3) is 0 Å². The fraction of sp³-hybridized carbons (Fsp3) is 0.455. The minimum atomic E-state index is 0.471. The molecule has 0 unspecified atom stereocenters. The van der Waals surface area contributed by atoms with E-state index < -0.39 is 0 Å². The molecule has 0 saturated carbocycles. The molecule has 1 heterocycles. The maximum atomic E-state index is 5.65. The molecule has 0 spiro atoms. The molecule has 1 fully saturated rings. The number of nitrogens with zero attached hydrogens (tertiary/aromatic N) is 1. The molecule has 0 aromatic heterocycles. The molecule has 1 saturated heterocycles. The van der Waals surface area contributed by atoms with Crippen LogP contribution in [0, 0.1) is 6.92 Å². The lowest BCUT2D eigenvalue weighted by molar-refractivity contribution is 0.189. The van der Waals surface area contributed by atoms with E-state index in [1.165, 1.54) is 42.4 Å². The largest absolute Gasteiger partial charge is 0.493 e. The Morgan fingerprint density at radius 1 is 1.00 bits per heavy atom. The SMILES string of the molecule is COc1cccc(CN2CCCCC[C@H]2c2cccc(C)c2)c1OC. The Morgan fingerprint density at radius 2 is 1.84 bits per heavy atom. The smallest absolute Gasteiger partial charge is 0.165 e. The summed E-state index contributed by atoms with van der Waals surface area (Å²) in [6.07, 6.45) is 5.09. The molecule has 2 aromatic rings. The van der Waals surface area contributed by atoms with Crippen molar-refractivity contribution in [3.63, 3.8) is 0 Å². The van der Waals surface area contributed by atoms with Crippen molar-refractivity contribution < 1.29 is 9.47 Å². The average molecular weight is 339 g/mol. The quantitative estimate of drug-likeness (QED) is 0.754. The monoisotopic (exact) mass is 339 g/mol. The summed E-state index contributed by atoms with van der Waals surface area (Å²) < 4.78 is 11.1. The zero-order valence-corrected chi connectivity index (χ0v) is 15.6. The number of para-hydroxylation sites is 1. The van der Waals surface area contributed by atoms with Crippen LogP contribution in [-0.2, 0) is 6.54 Å². The van der Waals surface area contributed by atoms with Crippen LogP contribution in [0.4, 0.5) is 0 Å². The zero-order chi connectivity index (χ0) is 17.6. The summed E-state index contributed by atoms with van der Waals surface area (Å²) in [6.45, 7) is 4.19. The van der Waals surface area contributed by atoms with Gasteiger partial charge >= 0.3 is 0 Å². The van der Waals surface area contributed by atoms with E-state index in [0.717, 1.165) is 24.6 Å². The van der Waals surface area contributed by atoms with Crippen molar-refractivity contribution in [2.24, 2.45) is 0 Å². The van der Waals surface area contributed by atoms with Crippen LogP contribution in [0.2, 0.25) is 0 Å². The highest BCUT2D eigenvalue weighted by Crippen LogP contribution is 2.36. The van der Waals surface area contributed by atoms with Crippen LogP contribution in [0.3, 0.4) is 0 Å². The second kappa shape index (κ2) is 8.39. The number of likely N-dealkylation sites (tertiary alicyclic amines) is 1. The fourth-order valence-corrected chi connectivity index (χ4v) is 3.91. The maximum absolute atomic E-state index is 5.65. The van der Waals surface area contributed by atoms with Gasteiger partial charge in [0.25, 0.3) is 0 Å². The van der Waals surface area contributed by atoms with Gasteiger partial charge in [-0.15, -0.1) is 0 Å². The molecule has 25 heavy (non-hydrogen) atoms. The highest BCUT2D eigenvalue weighted by molar-refractivity contribution is 5.46. The molecule has 2 aromatic carbocycles. The van der Waals surface area contributed by atoms with Gasteiger partial charge in [-0.2, -0.15) is 0 Å².